The molecule has 0 unspecified atom stereocenters. The summed E-state index contributed by atoms with van der Waals surface area (Å²) >= 11 is 0. The van der Waals surface area contributed by atoms with Crippen LogP contribution in [0.25, 0.3) is 0 Å². The summed E-state index contributed by atoms with van der Waals surface area (Å²) in [5, 5.41) is 0. The zero-order chi connectivity index (χ0) is 10.1. The molecule has 0 spiro atoms. The summed E-state index contributed by atoms with van der Waals surface area (Å²) in [7, 11) is 0. The Morgan fingerprint density at radius 2 is 2.29 bits per heavy atom. The Hall–Kier alpha value is -1.51. The number of hydrogen-bond acceptors (Lipinski definition) is 2. The molecule has 0 radical (unpaired) electrons. The molecule has 1 aliphatic rings. The minimum absolute atomic E-state index is 0.197. The number of amides is 1. The lowest BCUT2D eigenvalue weighted by Gasteiger charge is -2.21. The second-order valence-corrected chi connectivity index (χ2v) is 3.75. The van der Waals surface area contributed by atoms with E-state index in [4.69, 9.17) is 5.73 Å². The average Bonchev–Trinajstić information content (AvgIpc) is 2.46. The normalized spacial score (nSPS) is 21.6. The van der Waals surface area contributed by atoms with Crippen LogP contribution in [0.2, 0.25) is 0 Å². The van der Waals surface area contributed by atoms with Gasteiger partial charge in [0.2, 0.25) is 5.91 Å². The number of rotatable bonds is 1. The van der Waals surface area contributed by atoms with E-state index in [0.717, 1.165) is 12.1 Å². The summed E-state index contributed by atoms with van der Waals surface area (Å²) in [5.74, 6) is 0.197. The maximum absolute atomic E-state index is 11.6. The molecule has 1 fully saturated rings. The predicted octanol–water partition coefficient (Wildman–Crippen LogP) is 1.78. The van der Waals surface area contributed by atoms with E-state index >= 15 is 0 Å². The molecule has 0 aliphatic carbocycles. The van der Waals surface area contributed by atoms with Gasteiger partial charge in [-0.2, -0.15) is 0 Å². The first-order chi connectivity index (χ1) is 6.68. The van der Waals surface area contributed by atoms with Crippen LogP contribution in [0.15, 0.2) is 24.3 Å². The van der Waals surface area contributed by atoms with E-state index in [1.165, 1.54) is 0 Å². The van der Waals surface area contributed by atoms with Crippen LogP contribution in [0, 0.1) is 0 Å². The van der Waals surface area contributed by atoms with Gasteiger partial charge in [-0.25, -0.2) is 0 Å². The lowest BCUT2D eigenvalue weighted by molar-refractivity contribution is -0.117. The molecule has 1 aliphatic heterocycles. The molecular weight excluding hydrogens is 176 g/mol. The Morgan fingerprint density at radius 3 is 2.86 bits per heavy atom. The van der Waals surface area contributed by atoms with Crippen molar-refractivity contribution in [2.24, 2.45) is 0 Å². The van der Waals surface area contributed by atoms with Crippen molar-refractivity contribution in [3.05, 3.63) is 24.3 Å². The highest BCUT2D eigenvalue weighted by atomic mass is 16.2. The van der Waals surface area contributed by atoms with E-state index in [1.54, 1.807) is 0 Å². The SMILES string of the molecule is C[C@@H]1CCC(=O)N1c1cccc(N)c1. The topological polar surface area (TPSA) is 46.3 Å². The van der Waals surface area contributed by atoms with Crippen molar-refractivity contribution in [3.63, 3.8) is 0 Å². The van der Waals surface area contributed by atoms with Gasteiger partial charge < -0.3 is 10.6 Å². The molecular formula is C11H14N2O. The highest BCUT2D eigenvalue weighted by molar-refractivity contribution is 5.96. The van der Waals surface area contributed by atoms with Crippen LogP contribution in [0.5, 0.6) is 0 Å². The minimum Gasteiger partial charge on any atom is -0.399 e. The summed E-state index contributed by atoms with van der Waals surface area (Å²) in [6.45, 7) is 2.06. The molecule has 2 rings (SSSR count). The van der Waals surface area contributed by atoms with E-state index in [9.17, 15) is 4.79 Å². The Bertz CT molecular complexity index is 362. The lowest BCUT2D eigenvalue weighted by atomic mass is 10.2. The van der Waals surface area contributed by atoms with Crippen molar-refractivity contribution >= 4 is 17.3 Å². The molecule has 0 bridgehead atoms. The van der Waals surface area contributed by atoms with Crippen LogP contribution in [0.4, 0.5) is 11.4 Å². The Balaban J connectivity index is 2.34. The predicted molar refractivity (Wildman–Crippen MR) is 57.0 cm³/mol. The van der Waals surface area contributed by atoms with Gasteiger partial charge in [-0.15, -0.1) is 0 Å². The summed E-state index contributed by atoms with van der Waals surface area (Å²) in [4.78, 5) is 13.4. The van der Waals surface area contributed by atoms with Gasteiger partial charge in [0.25, 0.3) is 0 Å². The average molecular weight is 190 g/mol. The standard InChI is InChI=1S/C11H14N2O/c1-8-5-6-11(14)13(8)10-4-2-3-9(12)7-10/h2-4,7-8H,5-6,12H2,1H3/t8-/m1/s1. The van der Waals surface area contributed by atoms with Gasteiger partial charge in [0, 0.05) is 23.8 Å². The molecule has 1 heterocycles. The molecule has 1 aromatic rings. The van der Waals surface area contributed by atoms with Crippen molar-refractivity contribution in [1.82, 2.24) is 0 Å². The number of carbonyl (C=O) groups excluding carboxylic acids is 1. The molecule has 1 aromatic carbocycles. The third-order valence-electron chi connectivity index (χ3n) is 2.63. The summed E-state index contributed by atoms with van der Waals surface area (Å²) < 4.78 is 0. The smallest absolute Gasteiger partial charge is 0.227 e. The molecule has 1 amide bonds. The molecule has 0 aromatic heterocycles. The summed E-state index contributed by atoms with van der Waals surface area (Å²) in [6.07, 6.45) is 1.59. The van der Waals surface area contributed by atoms with Gasteiger partial charge in [0.05, 0.1) is 0 Å². The molecule has 74 valence electrons. The number of hydrogen-bond donors (Lipinski definition) is 1. The third-order valence-corrected chi connectivity index (χ3v) is 2.63. The molecule has 0 saturated carbocycles. The van der Waals surface area contributed by atoms with E-state index in [2.05, 4.69) is 6.92 Å². The fourth-order valence-corrected chi connectivity index (χ4v) is 1.90. The van der Waals surface area contributed by atoms with Crippen LogP contribution in [-0.2, 0) is 4.79 Å². The van der Waals surface area contributed by atoms with Gasteiger partial charge >= 0.3 is 0 Å². The number of carbonyl (C=O) groups is 1. The quantitative estimate of drug-likeness (QED) is 0.686. The summed E-state index contributed by atoms with van der Waals surface area (Å²) in [6, 6.07) is 7.78. The zero-order valence-corrected chi connectivity index (χ0v) is 8.23. The maximum atomic E-state index is 11.6. The fraction of sp³-hybridized carbons (Fsp3) is 0.364. The third kappa shape index (κ3) is 1.45. The van der Waals surface area contributed by atoms with Gasteiger partial charge in [0.1, 0.15) is 0 Å². The van der Waals surface area contributed by atoms with Gasteiger partial charge in [0.15, 0.2) is 0 Å². The minimum atomic E-state index is 0.197. The van der Waals surface area contributed by atoms with E-state index < -0.39 is 0 Å². The Kier molecular flexibility index (Phi) is 2.15. The number of nitrogens with zero attached hydrogens (tertiary/aromatic N) is 1. The van der Waals surface area contributed by atoms with Crippen molar-refractivity contribution in [2.75, 3.05) is 10.6 Å². The highest BCUT2D eigenvalue weighted by Gasteiger charge is 2.28. The molecule has 3 nitrogen and oxygen atoms in total. The first-order valence-electron chi connectivity index (χ1n) is 4.86. The monoisotopic (exact) mass is 190 g/mol. The molecule has 14 heavy (non-hydrogen) atoms. The molecule has 1 atom stereocenters. The molecule has 2 N–H and O–H groups in total. The van der Waals surface area contributed by atoms with Gasteiger partial charge in [-0.3, -0.25) is 4.79 Å². The number of nitrogen functional groups attached to an aromatic ring is 1. The van der Waals surface area contributed by atoms with E-state index in [0.29, 0.717) is 18.2 Å². The van der Waals surface area contributed by atoms with Crippen molar-refractivity contribution in [2.45, 2.75) is 25.8 Å². The number of nitrogens with two attached hydrogens (primary N) is 1. The molecule has 3 heteroatoms. The second-order valence-electron chi connectivity index (χ2n) is 3.75. The van der Waals surface area contributed by atoms with Crippen LogP contribution >= 0.6 is 0 Å². The molecule has 1 saturated heterocycles. The highest BCUT2D eigenvalue weighted by Crippen LogP contribution is 2.27. The van der Waals surface area contributed by atoms with Crippen molar-refractivity contribution in [3.8, 4) is 0 Å². The van der Waals surface area contributed by atoms with Crippen LogP contribution in [0.1, 0.15) is 19.8 Å². The first-order valence-corrected chi connectivity index (χ1v) is 4.86. The number of anilines is 2. The Labute approximate surface area is 83.5 Å². The van der Waals surface area contributed by atoms with Crippen LogP contribution in [-0.4, -0.2) is 11.9 Å². The van der Waals surface area contributed by atoms with Crippen LogP contribution < -0.4 is 10.6 Å². The number of benzene rings is 1. The first kappa shape index (κ1) is 9.06. The second kappa shape index (κ2) is 3.33. The lowest BCUT2D eigenvalue weighted by Crippen LogP contribution is -2.30. The zero-order valence-electron chi connectivity index (χ0n) is 8.23. The van der Waals surface area contributed by atoms with Crippen molar-refractivity contribution in [1.29, 1.82) is 0 Å². The van der Waals surface area contributed by atoms with Crippen molar-refractivity contribution < 1.29 is 4.79 Å². The fourth-order valence-electron chi connectivity index (χ4n) is 1.90. The Morgan fingerprint density at radius 1 is 1.50 bits per heavy atom. The maximum Gasteiger partial charge on any atom is 0.227 e. The largest absolute Gasteiger partial charge is 0.399 e. The van der Waals surface area contributed by atoms with E-state index in [1.807, 2.05) is 29.2 Å². The summed E-state index contributed by atoms with van der Waals surface area (Å²) in [5.41, 5.74) is 7.30. The van der Waals surface area contributed by atoms with E-state index in [-0.39, 0.29) is 5.91 Å². The van der Waals surface area contributed by atoms with Gasteiger partial charge in [-0.1, -0.05) is 6.07 Å². The van der Waals surface area contributed by atoms with Crippen LogP contribution in [0.3, 0.4) is 0 Å². The van der Waals surface area contributed by atoms with Gasteiger partial charge in [-0.05, 0) is 31.5 Å².